The monoisotopic (exact) mass is 325 g/mol. The lowest BCUT2D eigenvalue weighted by molar-refractivity contribution is 0.0708. The van der Waals surface area contributed by atoms with E-state index in [1.165, 1.54) is 12.8 Å². The molecule has 1 aromatic carbocycles. The number of benzene rings is 1. The largest absolute Gasteiger partial charge is 0.376 e. The minimum absolute atomic E-state index is 0.00324. The molecular weight excluding hydrogens is 302 g/mol. The van der Waals surface area contributed by atoms with Crippen LogP contribution >= 0.6 is 0 Å². The maximum atomic E-state index is 12.8. The van der Waals surface area contributed by atoms with Crippen molar-refractivity contribution in [2.75, 3.05) is 6.61 Å². The van der Waals surface area contributed by atoms with Crippen LogP contribution in [0.3, 0.4) is 0 Å². The van der Waals surface area contributed by atoms with E-state index in [-0.39, 0.29) is 18.1 Å². The van der Waals surface area contributed by atoms with E-state index in [4.69, 9.17) is 9.84 Å². The fourth-order valence-corrected chi connectivity index (χ4v) is 3.28. The third-order valence-electron chi connectivity index (χ3n) is 4.84. The van der Waals surface area contributed by atoms with Crippen LogP contribution in [0.25, 0.3) is 5.69 Å². The first-order chi connectivity index (χ1) is 11.7. The lowest BCUT2D eigenvalue weighted by Crippen LogP contribution is -2.41. The van der Waals surface area contributed by atoms with E-state index < -0.39 is 0 Å². The average Bonchev–Trinajstić information content (AvgIpc) is 3.14. The van der Waals surface area contributed by atoms with E-state index >= 15 is 0 Å². The van der Waals surface area contributed by atoms with Gasteiger partial charge in [0.05, 0.1) is 23.5 Å². The van der Waals surface area contributed by atoms with Gasteiger partial charge < -0.3 is 10.1 Å². The first-order valence-corrected chi connectivity index (χ1v) is 8.80. The number of nitrogens with one attached hydrogen (secondary N) is 1. The van der Waals surface area contributed by atoms with Crippen LogP contribution in [-0.4, -0.2) is 34.4 Å². The molecule has 5 nitrogen and oxygen atoms in total. The summed E-state index contributed by atoms with van der Waals surface area (Å²) in [7, 11) is 0. The zero-order valence-corrected chi connectivity index (χ0v) is 13.9. The van der Waals surface area contributed by atoms with Crippen LogP contribution in [0.4, 0.5) is 0 Å². The summed E-state index contributed by atoms with van der Waals surface area (Å²) in [5.41, 5.74) is 2.54. The van der Waals surface area contributed by atoms with Gasteiger partial charge in [-0.15, -0.1) is 0 Å². The van der Waals surface area contributed by atoms with E-state index in [9.17, 15) is 4.79 Å². The second-order valence-corrected chi connectivity index (χ2v) is 6.79. The highest BCUT2D eigenvalue weighted by molar-refractivity contribution is 5.93. The second-order valence-electron chi connectivity index (χ2n) is 6.79. The molecule has 24 heavy (non-hydrogen) atoms. The van der Waals surface area contributed by atoms with E-state index in [1.54, 1.807) is 4.68 Å². The number of hydrogen-bond donors (Lipinski definition) is 1. The summed E-state index contributed by atoms with van der Waals surface area (Å²) in [4.78, 5) is 12.8. The molecule has 1 aliphatic heterocycles. The molecule has 1 N–H and O–H groups in total. The fraction of sp³-hybridized carbons (Fsp3) is 0.474. The summed E-state index contributed by atoms with van der Waals surface area (Å²) in [6.07, 6.45) is 4.52. The predicted octanol–water partition coefficient (Wildman–Crippen LogP) is 3.05. The predicted molar refractivity (Wildman–Crippen MR) is 91.4 cm³/mol. The van der Waals surface area contributed by atoms with Gasteiger partial charge in [0.25, 0.3) is 5.91 Å². The van der Waals surface area contributed by atoms with Gasteiger partial charge in [-0.2, -0.15) is 5.10 Å². The zero-order chi connectivity index (χ0) is 16.5. The number of aromatic nitrogens is 2. The van der Waals surface area contributed by atoms with Gasteiger partial charge in [0.1, 0.15) is 5.69 Å². The fourth-order valence-electron chi connectivity index (χ4n) is 3.28. The van der Waals surface area contributed by atoms with Gasteiger partial charge in [-0.1, -0.05) is 18.2 Å². The molecule has 1 saturated carbocycles. The van der Waals surface area contributed by atoms with Crippen molar-refractivity contribution in [2.45, 2.75) is 50.7 Å². The van der Waals surface area contributed by atoms with Gasteiger partial charge in [0.15, 0.2) is 0 Å². The van der Waals surface area contributed by atoms with Crippen LogP contribution in [0.2, 0.25) is 0 Å². The van der Waals surface area contributed by atoms with Gasteiger partial charge in [0.2, 0.25) is 0 Å². The van der Waals surface area contributed by atoms with Gasteiger partial charge in [-0.05, 0) is 50.8 Å². The molecule has 2 fully saturated rings. The molecule has 2 aromatic rings. The number of para-hydroxylation sites is 1. The Morgan fingerprint density at radius 2 is 2.08 bits per heavy atom. The van der Waals surface area contributed by atoms with Crippen molar-refractivity contribution < 1.29 is 9.53 Å². The summed E-state index contributed by atoms with van der Waals surface area (Å²) in [5.74, 6) is 0.429. The normalized spacial score (nSPS) is 21.6. The molecule has 0 radical (unpaired) electrons. The van der Waals surface area contributed by atoms with Crippen molar-refractivity contribution in [2.24, 2.45) is 0 Å². The number of carbonyl (C=O) groups excluding carboxylic acids is 1. The Hall–Kier alpha value is -2.14. The third kappa shape index (κ3) is 3.08. The molecule has 1 aromatic heterocycles. The number of nitrogens with zero attached hydrogens (tertiary/aromatic N) is 2. The number of carbonyl (C=O) groups is 1. The van der Waals surface area contributed by atoms with Crippen molar-refractivity contribution in [1.29, 1.82) is 0 Å². The molecule has 2 aliphatic rings. The minimum Gasteiger partial charge on any atom is -0.376 e. The summed E-state index contributed by atoms with van der Waals surface area (Å²) in [6.45, 7) is 2.80. The van der Waals surface area contributed by atoms with Crippen LogP contribution in [0.15, 0.2) is 36.4 Å². The molecular formula is C19H23N3O2. The average molecular weight is 325 g/mol. The quantitative estimate of drug-likeness (QED) is 0.919. The maximum absolute atomic E-state index is 12.8. The molecule has 2 atom stereocenters. The van der Waals surface area contributed by atoms with Crippen molar-refractivity contribution in [3.8, 4) is 5.69 Å². The van der Waals surface area contributed by atoms with E-state index in [1.807, 2.05) is 43.3 Å². The molecule has 0 spiro atoms. The number of rotatable bonds is 5. The lowest BCUT2D eigenvalue weighted by atomic mass is 10.1. The Labute approximate surface area is 142 Å². The summed E-state index contributed by atoms with van der Waals surface area (Å²) < 4.78 is 7.45. The Morgan fingerprint density at radius 3 is 2.75 bits per heavy atom. The summed E-state index contributed by atoms with van der Waals surface area (Å²) >= 11 is 0. The van der Waals surface area contributed by atoms with Crippen LogP contribution in [0.1, 0.15) is 54.7 Å². The first kappa shape index (κ1) is 15.4. The molecule has 2 heterocycles. The van der Waals surface area contributed by atoms with Crippen molar-refractivity contribution in [1.82, 2.24) is 15.1 Å². The summed E-state index contributed by atoms with van der Waals surface area (Å²) in [5, 5.41) is 7.79. The summed E-state index contributed by atoms with van der Waals surface area (Å²) in [6, 6.07) is 11.8. The molecule has 5 heteroatoms. The van der Waals surface area contributed by atoms with Crippen molar-refractivity contribution >= 4 is 5.91 Å². The molecule has 1 amide bonds. The molecule has 4 rings (SSSR count). The second kappa shape index (κ2) is 6.40. The van der Waals surface area contributed by atoms with Crippen LogP contribution in [0.5, 0.6) is 0 Å². The highest BCUT2D eigenvalue weighted by Gasteiger charge is 2.30. The number of hydrogen-bond acceptors (Lipinski definition) is 3. The van der Waals surface area contributed by atoms with E-state index in [0.29, 0.717) is 11.6 Å². The molecule has 126 valence electrons. The van der Waals surface area contributed by atoms with E-state index in [0.717, 1.165) is 30.8 Å². The molecule has 0 bridgehead atoms. The molecule has 0 unspecified atom stereocenters. The van der Waals surface area contributed by atoms with Crippen LogP contribution in [-0.2, 0) is 4.74 Å². The first-order valence-electron chi connectivity index (χ1n) is 8.80. The Balaban J connectivity index is 1.59. The molecule has 1 aliphatic carbocycles. The minimum atomic E-state index is -0.0822. The van der Waals surface area contributed by atoms with Crippen LogP contribution < -0.4 is 5.32 Å². The lowest BCUT2D eigenvalue weighted by Gasteiger charge is -2.20. The van der Waals surface area contributed by atoms with Crippen molar-refractivity contribution in [3.05, 3.63) is 47.8 Å². The van der Waals surface area contributed by atoms with Gasteiger partial charge in [-0.3, -0.25) is 4.79 Å². The van der Waals surface area contributed by atoms with Gasteiger partial charge >= 0.3 is 0 Å². The highest BCUT2D eigenvalue weighted by atomic mass is 16.5. The maximum Gasteiger partial charge on any atom is 0.270 e. The topological polar surface area (TPSA) is 56.2 Å². The Morgan fingerprint density at radius 1 is 1.29 bits per heavy atom. The Kier molecular flexibility index (Phi) is 4.10. The zero-order valence-electron chi connectivity index (χ0n) is 13.9. The number of amides is 1. The van der Waals surface area contributed by atoms with Crippen LogP contribution in [0, 0.1) is 0 Å². The van der Waals surface area contributed by atoms with E-state index in [2.05, 4.69) is 5.32 Å². The highest BCUT2D eigenvalue weighted by Crippen LogP contribution is 2.39. The smallest absolute Gasteiger partial charge is 0.270 e. The third-order valence-corrected chi connectivity index (χ3v) is 4.84. The van der Waals surface area contributed by atoms with Gasteiger partial charge in [-0.25, -0.2) is 4.68 Å². The van der Waals surface area contributed by atoms with Crippen molar-refractivity contribution in [3.63, 3.8) is 0 Å². The Bertz CT molecular complexity index is 715. The standard InChI is InChI=1S/C19H23N3O2/c1-13(18-8-5-11-24-18)20-19(23)17-12-16(14-9-10-14)21-22(17)15-6-3-2-4-7-15/h2-4,6-7,12-14,18H,5,8-11H2,1H3,(H,20,23)/t13-,18+/m1/s1. The number of ether oxygens (including phenoxy) is 1. The SMILES string of the molecule is C[C@@H](NC(=O)c1cc(C2CC2)nn1-c1ccccc1)[C@@H]1CCCO1. The molecule has 1 saturated heterocycles. The van der Waals surface area contributed by atoms with Gasteiger partial charge in [0, 0.05) is 12.5 Å².